The molecule has 0 saturated heterocycles. The number of carbonyl (C=O) groups excluding carboxylic acids is 2. The smallest absolute Gasteiger partial charge is 0.263 e. The highest BCUT2D eigenvalue weighted by Crippen LogP contribution is 2.34. The Bertz CT molecular complexity index is 1330. The molecule has 188 valence electrons. The Kier molecular flexibility index (Phi) is 7.66. The van der Waals surface area contributed by atoms with E-state index in [1.54, 1.807) is 24.3 Å². The minimum absolute atomic E-state index is 0.0501. The minimum atomic E-state index is -3.68. The molecule has 2 amide bonds. The second kappa shape index (κ2) is 10.9. The van der Waals surface area contributed by atoms with Gasteiger partial charge in [0.15, 0.2) is 6.10 Å². The number of carbonyl (C=O) groups is 2. The third kappa shape index (κ3) is 6.46. The van der Waals surface area contributed by atoms with Crippen LogP contribution in [-0.4, -0.2) is 39.1 Å². The molecule has 3 aromatic carbocycles. The van der Waals surface area contributed by atoms with Crippen LogP contribution < -0.4 is 19.7 Å². The summed E-state index contributed by atoms with van der Waals surface area (Å²) in [5, 5.41) is 2.83. The Morgan fingerprint density at radius 2 is 1.69 bits per heavy atom. The molecular weight excluding hydrogens is 485 g/mol. The van der Waals surface area contributed by atoms with E-state index < -0.39 is 33.9 Å². The molecule has 0 radical (unpaired) electrons. The first-order chi connectivity index (χ1) is 17.2. The van der Waals surface area contributed by atoms with Crippen molar-refractivity contribution in [2.24, 2.45) is 0 Å². The first-order valence-electron chi connectivity index (χ1n) is 11.3. The summed E-state index contributed by atoms with van der Waals surface area (Å²) in [5.74, 6) is -0.909. The number of halogens is 1. The lowest BCUT2D eigenvalue weighted by molar-refractivity contribution is -0.128. The van der Waals surface area contributed by atoms with E-state index in [0.29, 0.717) is 23.5 Å². The van der Waals surface area contributed by atoms with Gasteiger partial charge >= 0.3 is 0 Å². The first-order valence-corrected chi connectivity index (χ1v) is 13.2. The van der Waals surface area contributed by atoms with E-state index in [1.165, 1.54) is 29.2 Å². The SMILES string of the molecule is CS(=O)(=O)N[C@@H](CC(=O)N1C[C@H](C(=O)NCc2ccccc2)Oc2ccccc21)c1ccc(F)cc1. The summed E-state index contributed by atoms with van der Waals surface area (Å²) in [4.78, 5) is 27.8. The van der Waals surface area contributed by atoms with Gasteiger partial charge in [-0.05, 0) is 35.4 Å². The highest BCUT2D eigenvalue weighted by Gasteiger charge is 2.35. The van der Waals surface area contributed by atoms with Gasteiger partial charge in [-0.1, -0.05) is 54.6 Å². The monoisotopic (exact) mass is 511 g/mol. The van der Waals surface area contributed by atoms with Crippen LogP contribution in [0.15, 0.2) is 78.9 Å². The Hall–Kier alpha value is -3.76. The number of hydrogen-bond acceptors (Lipinski definition) is 5. The molecule has 10 heteroatoms. The number of amides is 2. The fraction of sp³-hybridized carbons (Fsp3) is 0.231. The summed E-state index contributed by atoms with van der Waals surface area (Å²) < 4.78 is 45.7. The number of para-hydroxylation sites is 2. The zero-order valence-electron chi connectivity index (χ0n) is 19.6. The quantitative estimate of drug-likeness (QED) is 0.484. The van der Waals surface area contributed by atoms with Crippen molar-refractivity contribution < 1.29 is 27.1 Å². The normalized spacial score (nSPS) is 15.9. The maximum atomic E-state index is 13.5. The maximum absolute atomic E-state index is 13.5. The van der Waals surface area contributed by atoms with Crippen LogP contribution >= 0.6 is 0 Å². The third-order valence-electron chi connectivity index (χ3n) is 5.68. The van der Waals surface area contributed by atoms with Crippen molar-refractivity contribution in [1.82, 2.24) is 10.0 Å². The molecule has 0 fully saturated rings. The first kappa shape index (κ1) is 25.3. The molecule has 3 aromatic rings. The number of hydrogen-bond donors (Lipinski definition) is 2. The van der Waals surface area contributed by atoms with Gasteiger partial charge in [0, 0.05) is 13.0 Å². The molecule has 0 bridgehead atoms. The number of fused-ring (bicyclic) bond motifs is 1. The van der Waals surface area contributed by atoms with Gasteiger partial charge in [0.1, 0.15) is 11.6 Å². The second-order valence-corrected chi connectivity index (χ2v) is 10.3. The van der Waals surface area contributed by atoms with Crippen molar-refractivity contribution in [3.63, 3.8) is 0 Å². The van der Waals surface area contributed by atoms with Gasteiger partial charge in [-0.25, -0.2) is 17.5 Å². The number of anilines is 1. The van der Waals surface area contributed by atoms with Crippen LogP contribution in [0.3, 0.4) is 0 Å². The van der Waals surface area contributed by atoms with Crippen molar-refractivity contribution in [1.29, 1.82) is 0 Å². The molecule has 36 heavy (non-hydrogen) atoms. The van der Waals surface area contributed by atoms with E-state index in [4.69, 9.17) is 4.74 Å². The molecule has 0 unspecified atom stereocenters. The van der Waals surface area contributed by atoms with Crippen LogP contribution in [0.1, 0.15) is 23.6 Å². The van der Waals surface area contributed by atoms with Gasteiger partial charge in [-0.2, -0.15) is 0 Å². The molecule has 0 aliphatic carbocycles. The third-order valence-corrected chi connectivity index (χ3v) is 6.40. The van der Waals surface area contributed by atoms with Crippen molar-refractivity contribution in [2.75, 3.05) is 17.7 Å². The van der Waals surface area contributed by atoms with Crippen molar-refractivity contribution in [2.45, 2.75) is 25.1 Å². The Morgan fingerprint density at radius 1 is 1.03 bits per heavy atom. The number of benzene rings is 3. The molecule has 4 rings (SSSR count). The fourth-order valence-corrected chi connectivity index (χ4v) is 4.71. The van der Waals surface area contributed by atoms with Crippen LogP contribution in [0, 0.1) is 5.82 Å². The van der Waals surface area contributed by atoms with Crippen LogP contribution in [0.2, 0.25) is 0 Å². The molecule has 0 saturated carbocycles. The number of ether oxygens (including phenoxy) is 1. The number of sulfonamides is 1. The predicted octanol–water partition coefficient (Wildman–Crippen LogP) is 2.92. The van der Waals surface area contributed by atoms with E-state index in [1.807, 2.05) is 30.3 Å². The molecular formula is C26H26FN3O5S. The highest BCUT2D eigenvalue weighted by atomic mass is 32.2. The van der Waals surface area contributed by atoms with Crippen molar-refractivity contribution in [3.05, 3.63) is 95.8 Å². The molecule has 2 N–H and O–H groups in total. The Balaban J connectivity index is 1.54. The van der Waals surface area contributed by atoms with E-state index in [0.717, 1.165) is 11.8 Å². The number of nitrogens with zero attached hydrogens (tertiary/aromatic N) is 1. The number of rotatable bonds is 8. The molecule has 8 nitrogen and oxygen atoms in total. The van der Waals surface area contributed by atoms with Crippen LogP contribution in [0.4, 0.5) is 10.1 Å². The van der Waals surface area contributed by atoms with Gasteiger partial charge < -0.3 is 15.0 Å². The minimum Gasteiger partial charge on any atom is -0.477 e. The van der Waals surface area contributed by atoms with E-state index in [9.17, 15) is 22.4 Å². The lowest BCUT2D eigenvalue weighted by Crippen LogP contribution is -2.51. The molecule has 0 spiro atoms. The zero-order valence-corrected chi connectivity index (χ0v) is 20.4. The van der Waals surface area contributed by atoms with Crippen molar-refractivity contribution >= 4 is 27.5 Å². The lowest BCUT2D eigenvalue weighted by atomic mass is 10.0. The number of nitrogens with one attached hydrogen (secondary N) is 2. The summed E-state index contributed by atoms with van der Waals surface area (Å²) in [7, 11) is -3.68. The average molecular weight is 512 g/mol. The fourth-order valence-electron chi connectivity index (χ4n) is 3.97. The largest absolute Gasteiger partial charge is 0.477 e. The highest BCUT2D eigenvalue weighted by molar-refractivity contribution is 7.88. The molecule has 2 atom stereocenters. The molecule has 1 aliphatic heterocycles. The van der Waals surface area contributed by atoms with Crippen LogP contribution in [0.5, 0.6) is 5.75 Å². The summed E-state index contributed by atoms with van der Waals surface area (Å²) in [6.07, 6.45) is -0.212. The zero-order chi connectivity index (χ0) is 25.7. The van der Waals surface area contributed by atoms with Gasteiger partial charge in [0.2, 0.25) is 15.9 Å². The Labute approximate surface area is 209 Å². The summed E-state index contributed by atoms with van der Waals surface area (Å²) in [5.41, 5.74) is 1.84. The summed E-state index contributed by atoms with van der Waals surface area (Å²) >= 11 is 0. The maximum Gasteiger partial charge on any atom is 0.263 e. The van der Waals surface area contributed by atoms with Crippen LogP contribution in [0.25, 0.3) is 0 Å². The van der Waals surface area contributed by atoms with Gasteiger partial charge in [0.25, 0.3) is 5.91 Å². The second-order valence-electron chi connectivity index (χ2n) is 8.48. The topological polar surface area (TPSA) is 105 Å². The lowest BCUT2D eigenvalue weighted by Gasteiger charge is -2.35. The van der Waals surface area contributed by atoms with E-state index in [-0.39, 0.29) is 18.9 Å². The average Bonchev–Trinajstić information content (AvgIpc) is 2.86. The van der Waals surface area contributed by atoms with Crippen molar-refractivity contribution in [3.8, 4) is 5.75 Å². The summed E-state index contributed by atoms with van der Waals surface area (Å²) in [6.45, 7) is 0.255. The molecule has 1 heterocycles. The van der Waals surface area contributed by atoms with Gasteiger partial charge in [-0.15, -0.1) is 0 Å². The standard InChI is InChI=1S/C26H26FN3O5S/c1-36(33,34)29-21(19-11-13-20(27)14-12-19)15-25(31)30-17-24(35-23-10-6-5-9-22(23)30)26(32)28-16-18-7-3-2-4-8-18/h2-14,21,24,29H,15-17H2,1H3,(H,28,32)/t21-,24+/m0/s1. The van der Waals surface area contributed by atoms with Gasteiger partial charge in [-0.3, -0.25) is 9.59 Å². The molecule has 1 aliphatic rings. The Morgan fingerprint density at radius 3 is 2.39 bits per heavy atom. The van der Waals surface area contributed by atoms with E-state index in [2.05, 4.69) is 10.0 Å². The predicted molar refractivity (Wildman–Crippen MR) is 133 cm³/mol. The van der Waals surface area contributed by atoms with E-state index >= 15 is 0 Å². The summed E-state index contributed by atoms with van der Waals surface area (Å²) in [6, 6.07) is 20.6. The van der Waals surface area contributed by atoms with Crippen LogP contribution in [-0.2, 0) is 26.2 Å². The van der Waals surface area contributed by atoms with Gasteiger partial charge in [0.05, 0.1) is 24.5 Å². The molecule has 0 aromatic heterocycles.